The molecule has 3 aromatic rings. The number of hydrogen-bond donors (Lipinski definition) is 1. The van der Waals surface area contributed by atoms with Crippen molar-refractivity contribution in [1.82, 2.24) is 15.2 Å². The molecule has 0 bridgehead atoms. The Morgan fingerprint density at radius 3 is 2.47 bits per heavy atom. The first-order valence-corrected chi connectivity index (χ1v) is 11.4. The fraction of sp³-hybridized carbons (Fsp3) is 0.308. The van der Waals surface area contributed by atoms with Crippen LogP contribution in [0.5, 0.6) is 5.75 Å². The molecule has 6 heteroatoms. The minimum atomic E-state index is -0.366. The zero-order valence-corrected chi connectivity index (χ0v) is 18.7. The number of carbonyl (C=O) groups excluding carboxylic acids is 1. The predicted molar refractivity (Wildman–Crippen MR) is 127 cm³/mol. The Morgan fingerprint density at radius 1 is 1.03 bits per heavy atom. The van der Waals surface area contributed by atoms with E-state index >= 15 is 0 Å². The van der Waals surface area contributed by atoms with Crippen LogP contribution in [0.3, 0.4) is 0 Å². The number of benzene rings is 2. The van der Waals surface area contributed by atoms with Gasteiger partial charge in [0.15, 0.2) is 0 Å². The van der Waals surface area contributed by atoms with E-state index in [1.165, 1.54) is 0 Å². The topological polar surface area (TPSA) is 54.5 Å². The Kier molecular flexibility index (Phi) is 7.75. The van der Waals surface area contributed by atoms with Crippen molar-refractivity contribution in [2.45, 2.75) is 18.9 Å². The van der Waals surface area contributed by atoms with Crippen LogP contribution in [0.25, 0.3) is 0 Å². The van der Waals surface area contributed by atoms with Crippen LogP contribution in [-0.4, -0.2) is 42.0 Å². The summed E-state index contributed by atoms with van der Waals surface area (Å²) in [4.78, 5) is 20.0. The average Bonchev–Trinajstić information content (AvgIpc) is 2.85. The molecule has 166 valence electrons. The summed E-state index contributed by atoms with van der Waals surface area (Å²) in [6.45, 7) is 3.28. The van der Waals surface area contributed by atoms with Crippen LogP contribution in [0.2, 0.25) is 5.02 Å². The highest BCUT2D eigenvalue weighted by molar-refractivity contribution is 6.31. The van der Waals surface area contributed by atoms with Crippen molar-refractivity contribution in [2.24, 2.45) is 5.92 Å². The summed E-state index contributed by atoms with van der Waals surface area (Å²) in [5.74, 6) is 0.928. The number of carbonyl (C=O) groups is 1. The molecule has 2 heterocycles. The Balaban J connectivity index is 1.32. The molecule has 1 N–H and O–H groups in total. The third-order valence-electron chi connectivity index (χ3n) is 5.86. The van der Waals surface area contributed by atoms with Gasteiger partial charge in [-0.1, -0.05) is 54.1 Å². The second kappa shape index (κ2) is 11.1. The number of aromatic nitrogens is 1. The fourth-order valence-corrected chi connectivity index (χ4v) is 4.30. The molecular weight excluding hydrogens is 422 g/mol. The Bertz CT molecular complexity index is 992. The number of para-hydroxylation sites is 1. The van der Waals surface area contributed by atoms with Crippen molar-refractivity contribution in [2.75, 3.05) is 26.2 Å². The lowest BCUT2D eigenvalue weighted by atomic mass is 9.94. The molecule has 0 spiro atoms. The second-order valence-corrected chi connectivity index (χ2v) is 8.40. The molecule has 0 saturated carbocycles. The molecule has 32 heavy (non-hydrogen) atoms. The largest absolute Gasteiger partial charge is 0.492 e. The zero-order valence-electron chi connectivity index (χ0n) is 18.0. The maximum absolute atomic E-state index is 13.1. The molecule has 1 fully saturated rings. The van der Waals surface area contributed by atoms with Gasteiger partial charge in [-0.05, 0) is 61.8 Å². The molecule has 2 aromatic carbocycles. The van der Waals surface area contributed by atoms with Gasteiger partial charge in [0.1, 0.15) is 12.4 Å². The first-order valence-electron chi connectivity index (χ1n) is 11.1. The molecule has 4 rings (SSSR count). The Labute approximate surface area is 194 Å². The van der Waals surface area contributed by atoms with Crippen LogP contribution >= 0.6 is 11.6 Å². The van der Waals surface area contributed by atoms with Crippen molar-refractivity contribution < 1.29 is 9.53 Å². The lowest BCUT2D eigenvalue weighted by Gasteiger charge is -2.32. The van der Waals surface area contributed by atoms with E-state index in [2.05, 4.69) is 15.2 Å². The van der Waals surface area contributed by atoms with Crippen LogP contribution in [0.1, 0.15) is 30.1 Å². The SMILES string of the molecule is O=C(N[C@H](c1ccccn1)c1ccccc1Cl)C1CCN(CCOc2ccccc2)CC1. The van der Waals surface area contributed by atoms with Gasteiger partial charge >= 0.3 is 0 Å². The highest BCUT2D eigenvalue weighted by atomic mass is 35.5. The van der Waals surface area contributed by atoms with E-state index in [1.807, 2.05) is 72.8 Å². The van der Waals surface area contributed by atoms with E-state index in [0.717, 1.165) is 49.5 Å². The summed E-state index contributed by atoms with van der Waals surface area (Å²) in [7, 11) is 0. The Morgan fingerprint density at radius 2 is 1.75 bits per heavy atom. The highest BCUT2D eigenvalue weighted by Gasteiger charge is 2.28. The third kappa shape index (κ3) is 5.87. The lowest BCUT2D eigenvalue weighted by Crippen LogP contribution is -2.43. The maximum atomic E-state index is 13.1. The van der Waals surface area contributed by atoms with E-state index in [0.29, 0.717) is 11.6 Å². The second-order valence-electron chi connectivity index (χ2n) is 8.00. The van der Waals surface area contributed by atoms with Gasteiger partial charge in [0.2, 0.25) is 5.91 Å². The standard InChI is InChI=1S/C26H28ClN3O2/c27-23-11-5-4-10-22(23)25(24-12-6-7-15-28-24)29-26(31)20-13-16-30(17-14-20)18-19-32-21-8-2-1-3-9-21/h1-12,15,20,25H,13-14,16-19H2,(H,29,31)/t25-/m0/s1. The van der Waals surface area contributed by atoms with Crippen molar-refractivity contribution in [1.29, 1.82) is 0 Å². The summed E-state index contributed by atoms with van der Waals surface area (Å²) in [6, 6.07) is 22.8. The molecule has 0 radical (unpaired) electrons. The van der Waals surface area contributed by atoms with Crippen molar-refractivity contribution in [3.8, 4) is 5.75 Å². The van der Waals surface area contributed by atoms with E-state index < -0.39 is 0 Å². The maximum Gasteiger partial charge on any atom is 0.224 e. The highest BCUT2D eigenvalue weighted by Crippen LogP contribution is 2.28. The number of nitrogens with zero attached hydrogens (tertiary/aromatic N) is 2. The van der Waals surface area contributed by atoms with Crippen LogP contribution in [0.15, 0.2) is 79.0 Å². The van der Waals surface area contributed by atoms with Gasteiger partial charge in [-0.15, -0.1) is 0 Å². The average molecular weight is 450 g/mol. The van der Waals surface area contributed by atoms with Crippen LogP contribution in [0.4, 0.5) is 0 Å². The summed E-state index contributed by atoms with van der Waals surface area (Å²) >= 11 is 6.45. The van der Waals surface area contributed by atoms with Gasteiger partial charge in [0, 0.05) is 23.7 Å². The normalized spacial score (nSPS) is 15.8. The van der Waals surface area contributed by atoms with Crippen molar-refractivity contribution >= 4 is 17.5 Å². The van der Waals surface area contributed by atoms with Crippen LogP contribution in [0, 0.1) is 5.92 Å². The van der Waals surface area contributed by atoms with Crippen LogP contribution < -0.4 is 10.1 Å². The number of pyridine rings is 1. The number of nitrogens with one attached hydrogen (secondary N) is 1. The zero-order chi connectivity index (χ0) is 22.2. The molecule has 1 saturated heterocycles. The number of piperidine rings is 1. The van der Waals surface area contributed by atoms with E-state index in [9.17, 15) is 4.79 Å². The lowest BCUT2D eigenvalue weighted by molar-refractivity contribution is -0.127. The molecule has 1 amide bonds. The predicted octanol–water partition coefficient (Wildman–Crippen LogP) is 4.73. The summed E-state index contributed by atoms with van der Waals surface area (Å²) in [5.41, 5.74) is 1.64. The molecule has 5 nitrogen and oxygen atoms in total. The number of likely N-dealkylation sites (tertiary alicyclic amines) is 1. The molecule has 0 unspecified atom stereocenters. The molecule has 1 aliphatic heterocycles. The minimum Gasteiger partial charge on any atom is -0.492 e. The first-order chi connectivity index (χ1) is 15.7. The Hall–Kier alpha value is -2.89. The van der Waals surface area contributed by atoms with Gasteiger partial charge in [-0.3, -0.25) is 14.7 Å². The number of rotatable bonds is 8. The van der Waals surface area contributed by atoms with Crippen molar-refractivity contribution in [3.05, 3.63) is 95.3 Å². The monoisotopic (exact) mass is 449 g/mol. The first kappa shape index (κ1) is 22.3. The summed E-state index contributed by atoms with van der Waals surface area (Å²) < 4.78 is 5.80. The van der Waals surface area contributed by atoms with Gasteiger partial charge in [-0.25, -0.2) is 0 Å². The quantitative estimate of drug-likeness (QED) is 0.540. The van der Waals surface area contributed by atoms with Crippen LogP contribution in [-0.2, 0) is 4.79 Å². The number of halogens is 1. The number of ether oxygens (including phenoxy) is 1. The van der Waals surface area contributed by atoms with Gasteiger partial charge < -0.3 is 10.1 Å². The third-order valence-corrected chi connectivity index (χ3v) is 6.21. The van der Waals surface area contributed by atoms with E-state index in [4.69, 9.17) is 16.3 Å². The number of hydrogen-bond acceptors (Lipinski definition) is 4. The molecule has 1 aliphatic rings. The molecular formula is C26H28ClN3O2. The fourth-order valence-electron chi connectivity index (χ4n) is 4.06. The van der Waals surface area contributed by atoms with Gasteiger partial charge in [0.05, 0.1) is 11.7 Å². The molecule has 1 atom stereocenters. The van der Waals surface area contributed by atoms with E-state index in [1.54, 1.807) is 6.20 Å². The summed E-state index contributed by atoms with van der Waals surface area (Å²) in [6.07, 6.45) is 3.39. The van der Waals surface area contributed by atoms with Gasteiger partial charge in [-0.2, -0.15) is 0 Å². The number of amides is 1. The van der Waals surface area contributed by atoms with E-state index in [-0.39, 0.29) is 17.9 Å². The van der Waals surface area contributed by atoms with Crippen molar-refractivity contribution in [3.63, 3.8) is 0 Å². The smallest absolute Gasteiger partial charge is 0.224 e. The summed E-state index contributed by atoms with van der Waals surface area (Å²) in [5, 5.41) is 3.83. The molecule has 0 aliphatic carbocycles. The van der Waals surface area contributed by atoms with Gasteiger partial charge in [0.25, 0.3) is 0 Å². The molecule has 1 aromatic heterocycles. The minimum absolute atomic E-state index is 0.0185.